The number of hydrogen-bond donors (Lipinski definition) is 2. The van der Waals surface area contributed by atoms with E-state index in [-0.39, 0.29) is 11.7 Å². The molecule has 2 N–H and O–H groups in total. The minimum Gasteiger partial charge on any atom is -0.457 e. The van der Waals surface area contributed by atoms with Crippen LogP contribution in [0.2, 0.25) is 0 Å². The molecule has 0 atom stereocenters. The smallest absolute Gasteiger partial charge is 0.255 e. The summed E-state index contributed by atoms with van der Waals surface area (Å²) in [6, 6.07) is 22.8. The standard InChI is InChI=1S/C22H22N2O4S/c1-2-15-29(26,27)24-19-8-6-7-17(16-19)22(25)23-18-11-13-21(14-12-18)28-20-9-4-3-5-10-20/h3-14,16,24H,2,15H2,1H3,(H,23,25). The normalized spacial score (nSPS) is 10.9. The molecule has 0 spiro atoms. The van der Waals surface area contributed by atoms with Crippen LogP contribution >= 0.6 is 0 Å². The van der Waals surface area contributed by atoms with Gasteiger partial charge in [0.25, 0.3) is 5.91 Å². The number of hydrogen-bond acceptors (Lipinski definition) is 4. The Bertz CT molecular complexity index is 1070. The molecule has 0 saturated carbocycles. The lowest BCUT2D eigenvalue weighted by molar-refractivity contribution is 0.102. The Hall–Kier alpha value is -3.32. The van der Waals surface area contributed by atoms with Gasteiger partial charge in [-0.05, 0) is 61.0 Å². The maximum Gasteiger partial charge on any atom is 0.255 e. The Balaban J connectivity index is 1.65. The van der Waals surface area contributed by atoms with Gasteiger partial charge in [0.05, 0.1) is 5.75 Å². The van der Waals surface area contributed by atoms with Gasteiger partial charge in [-0.25, -0.2) is 8.42 Å². The van der Waals surface area contributed by atoms with E-state index >= 15 is 0 Å². The first-order valence-corrected chi connectivity index (χ1v) is 10.9. The largest absolute Gasteiger partial charge is 0.457 e. The molecule has 3 aromatic carbocycles. The van der Waals surface area contributed by atoms with Gasteiger partial charge < -0.3 is 10.1 Å². The number of sulfonamides is 1. The minimum absolute atomic E-state index is 0.0286. The molecule has 1 amide bonds. The van der Waals surface area contributed by atoms with Gasteiger partial charge in [0.2, 0.25) is 10.0 Å². The average Bonchev–Trinajstić information content (AvgIpc) is 2.70. The number of benzene rings is 3. The van der Waals surface area contributed by atoms with E-state index in [0.29, 0.717) is 29.1 Å². The van der Waals surface area contributed by atoms with Crippen molar-refractivity contribution in [2.24, 2.45) is 0 Å². The van der Waals surface area contributed by atoms with Crippen LogP contribution in [-0.4, -0.2) is 20.1 Å². The number of para-hydroxylation sites is 1. The van der Waals surface area contributed by atoms with Crippen LogP contribution in [0, 0.1) is 0 Å². The molecule has 3 aromatic rings. The summed E-state index contributed by atoms with van der Waals surface area (Å²) in [7, 11) is -3.41. The zero-order valence-electron chi connectivity index (χ0n) is 16.0. The van der Waals surface area contributed by atoms with Gasteiger partial charge in [-0.15, -0.1) is 0 Å². The van der Waals surface area contributed by atoms with Crippen LogP contribution in [0.1, 0.15) is 23.7 Å². The van der Waals surface area contributed by atoms with Crippen LogP contribution in [0.25, 0.3) is 0 Å². The zero-order chi connectivity index (χ0) is 20.7. The van der Waals surface area contributed by atoms with Gasteiger partial charge >= 0.3 is 0 Å². The highest BCUT2D eigenvalue weighted by Gasteiger charge is 2.11. The summed E-state index contributed by atoms with van der Waals surface area (Å²) < 4.78 is 32.0. The average molecular weight is 410 g/mol. The fourth-order valence-electron chi connectivity index (χ4n) is 2.66. The molecule has 0 aliphatic rings. The number of nitrogens with one attached hydrogen (secondary N) is 2. The highest BCUT2D eigenvalue weighted by Crippen LogP contribution is 2.23. The number of anilines is 2. The Morgan fingerprint density at radius 1 is 0.862 bits per heavy atom. The SMILES string of the molecule is CCCS(=O)(=O)Nc1cccc(C(=O)Nc2ccc(Oc3ccccc3)cc2)c1. The molecule has 0 fully saturated rings. The lowest BCUT2D eigenvalue weighted by atomic mass is 10.2. The van der Waals surface area contributed by atoms with Gasteiger partial charge in [-0.3, -0.25) is 9.52 Å². The molecule has 0 radical (unpaired) electrons. The second-order valence-corrected chi connectivity index (χ2v) is 8.24. The van der Waals surface area contributed by atoms with E-state index in [9.17, 15) is 13.2 Å². The first-order chi connectivity index (χ1) is 13.9. The van der Waals surface area contributed by atoms with E-state index < -0.39 is 10.0 Å². The molecule has 150 valence electrons. The highest BCUT2D eigenvalue weighted by molar-refractivity contribution is 7.92. The van der Waals surface area contributed by atoms with Crippen molar-refractivity contribution in [1.82, 2.24) is 0 Å². The third kappa shape index (κ3) is 6.08. The van der Waals surface area contributed by atoms with Gasteiger partial charge in [0, 0.05) is 16.9 Å². The van der Waals surface area contributed by atoms with Gasteiger partial charge in [-0.1, -0.05) is 31.2 Å². The summed E-state index contributed by atoms with van der Waals surface area (Å²) in [6.45, 7) is 1.79. The summed E-state index contributed by atoms with van der Waals surface area (Å²) in [6.07, 6.45) is 0.513. The quantitative estimate of drug-likeness (QED) is 0.554. The lowest BCUT2D eigenvalue weighted by Gasteiger charge is -2.10. The third-order valence-corrected chi connectivity index (χ3v) is 5.45. The van der Waals surface area contributed by atoms with E-state index in [0.717, 1.165) is 5.75 Å². The second kappa shape index (κ2) is 9.25. The number of carbonyl (C=O) groups is 1. The highest BCUT2D eigenvalue weighted by atomic mass is 32.2. The Labute approximate surface area is 170 Å². The summed E-state index contributed by atoms with van der Waals surface area (Å²) in [5, 5.41) is 2.79. The molecule has 3 rings (SSSR count). The van der Waals surface area contributed by atoms with Crippen LogP contribution in [0.3, 0.4) is 0 Å². The fourth-order valence-corrected chi connectivity index (χ4v) is 3.78. The Morgan fingerprint density at radius 3 is 2.24 bits per heavy atom. The summed E-state index contributed by atoms with van der Waals surface area (Å²) in [4.78, 5) is 12.5. The van der Waals surface area contributed by atoms with Crippen LogP contribution in [0.15, 0.2) is 78.9 Å². The predicted octanol–water partition coefficient (Wildman–Crippen LogP) is 4.88. The number of ether oxygens (including phenoxy) is 1. The van der Waals surface area contributed by atoms with E-state index in [2.05, 4.69) is 10.0 Å². The van der Waals surface area contributed by atoms with Crippen molar-refractivity contribution in [3.8, 4) is 11.5 Å². The van der Waals surface area contributed by atoms with Crippen LogP contribution in [-0.2, 0) is 10.0 Å². The van der Waals surface area contributed by atoms with E-state index in [4.69, 9.17) is 4.74 Å². The topological polar surface area (TPSA) is 84.5 Å². The molecule has 0 aliphatic heterocycles. The molecule has 0 bridgehead atoms. The number of carbonyl (C=O) groups excluding carboxylic acids is 1. The first kappa shape index (κ1) is 20.4. The summed E-state index contributed by atoms with van der Waals surface area (Å²) >= 11 is 0. The van der Waals surface area contributed by atoms with E-state index in [1.807, 2.05) is 30.3 Å². The van der Waals surface area contributed by atoms with Crippen LogP contribution in [0.5, 0.6) is 11.5 Å². The monoisotopic (exact) mass is 410 g/mol. The van der Waals surface area contributed by atoms with Crippen molar-refractivity contribution < 1.29 is 17.9 Å². The van der Waals surface area contributed by atoms with E-state index in [1.165, 1.54) is 6.07 Å². The molecule has 6 nitrogen and oxygen atoms in total. The van der Waals surface area contributed by atoms with E-state index in [1.54, 1.807) is 49.4 Å². The fraction of sp³-hybridized carbons (Fsp3) is 0.136. The number of rotatable bonds is 8. The number of amides is 1. The molecule has 7 heteroatoms. The van der Waals surface area contributed by atoms with Crippen molar-refractivity contribution in [2.45, 2.75) is 13.3 Å². The first-order valence-electron chi connectivity index (χ1n) is 9.20. The molecule has 0 unspecified atom stereocenters. The minimum atomic E-state index is -3.41. The van der Waals surface area contributed by atoms with Crippen LogP contribution in [0.4, 0.5) is 11.4 Å². The third-order valence-electron chi connectivity index (χ3n) is 3.96. The molecular weight excluding hydrogens is 388 g/mol. The summed E-state index contributed by atoms with van der Waals surface area (Å²) in [5.41, 5.74) is 1.32. The summed E-state index contributed by atoms with van der Waals surface area (Å²) in [5.74, 6) is 1.08. The maximum absolute atomic E-state index is 12.5. The lowest BCUT2D eigenvalue weighted by Crippen LogP contribution is -2.17. The van der Waals surface area contributed by atoms with Gasteiger partial charge in [0.15, 0.2) is 0 Å². The molecule has 0 heterocycles. The predicted molar refractivity (Wildman–Crippen MR) is 115 cm³/mol. The van der Waals surface area contributed by atoms with Gasteiger partial charge in [0.1, 0.15) is 11.5 Å². The molecular formula is C22H22N2O4S. The van der Waals surface area contributed by atoms with Crippen LogP contribution < -0.4 is 14.8 Å². The van der Waals surface area contributed by atoms with Crippen molar-refractivity contribution in [2.75, 3.05) is 15.8 Å². The van der Waals surface area contributed by atoms with Crippen molar-refractivity contribution in [3.05, 3.63) is 84.4 Å². The second-order valence-electron chi connectivity index (χ2n) is 6.40. The van der Waals surface area contributed by atoms with Crippen molar-refractivity contribution >= 4 is 27.3 Å². The molecule has 29 heavy (non-hydrogen) atoms. The Morgan fingerprint density at radius 2 is 1.55 bits per heavy atom. The Kier molecular flexibility index (Phi) is 6.51. The van der Waals surface area contributed by atoms with Crippen molar-refractivity contribution in [3.63, 3.8) is 0 Å². The maximum atomic E-state index is 12.5. The molecule has 0 aromatic heterocycles. The zero-order valence-corrected chi connectivity index (χ0v) is 16.8. The molecule has 0 aliphatic carbocycles. The molecule has 0 saturated heterocycles. The van der Waals surface area contributed by atoms with Crippen molar-refractivity contribution in [1.29, 1.82) is 0 Å². The van der Waals surface area contributed by atoms with Gasteiger partial charge in [-0.2, -0.15) is 0 Å².